The van der Waals surface area contributed by atoms with E-state index in [1.807, 2.05) is 34.6 Å². The zero-order valence-electron chi connectivity index (χ0n) is 19.8. The predicted octanol–water partition coefficient (Wildman–Crippen LogP) is 4.47. The average Bonchev–Trinajstić information content (AvgIpc) is 3.04. The van der Waals surface area contributed by atoms with Crippen LogP contribution in [0.2, 0.25) is 0 Å². The predicted molar refractivity (Wildman–Crippen MR) is 115 cm³/mol. The second-order valence-electron chi connectivity index (χ2n) is 11.3. The van der Waals surface area contributed by atoms with Gasteiger partial charge in [-0.05, 0) is 72.1 Å². The first-order chi connectivity index (χ1) is 13.3. The maximum absolute atomic E-state index is 13.6. The van der Waals surface area contributed by atoms with Crippen LogP contribution in [0.4, 0.5) is 4.79 Å². The zero-order valence-corrected chi connectivity index (χ0v) is 19.8. The Kier molecular flexibility index (Phi) is 7.30. The number of hydrogen-bond donors (Lipinski definition) is 0. The molecule has 1 saturated heterocycles. The first-order valence-electron chi connectivity index (χ1n) is 11.1. The third-order valence-corrected chi connectivity index (χ3v) is 6.23. The molecule has 0 aromatic heterocycles. The Balaban J connectivity index is 2.18. The fourth-order valence-corrected chi connectivity index (χ4v) is 4.53. The molecule has 0 aromatic carbocycles. The van der Waals surface area contributed by atoms with Crippen LogP contribution in [0.5, 0.6) is 0 Å². The second-order valence-corrected chi connectivity index (χ2v) is 11.3. The zero-order chi connectivity index (χ0) is 22.0. The Labute approximate surface area is 177 Å². The molecule has 0 aromatic rings. The lowest BCUT2D eigenvalue weighted by molar-refractivity contribution is -0.149. The van der Waals surface area contributed by atoms with Gasteiger partial charge in [-0.25, -0.2) is 4.79 Å². The van der Waals surface area contributed by atoms with Crippen LogP contribution in [0, 0.1) is 10.8 Å². The minimum absolute atomic E-state index is 0.0392. The summed E-state index contributed by atoms with van der Waals surface area (Å²) in [6.07, 6.45) is 4.79. The van der Waals surface area contributed by atoms with E-state index in [2.05, 4.69) is 18.7 Å². The van der Waals surface area contributed by atoms with Crippen LogP contribution in [0.1, 0.15) is 80.6 Å². The fourth-order valence-electron chi connectivity index (χ4n) is 4.53. The highest BCUT2D eigenvalue weighted by Gasteiger charge is 2.44. The van der Waals surface area contributed by atoms with Gasteiger partial charge in [-0.1, -0.05) is 13.8 Å². The molecule has 168 valence electrons. The van der Waals surface area contributed by atoms with Crippen molar-refractivity contribution < 1.29 is 19.1 Å². The number of likely N-dealkylation sites (tertiary alicyclic amines) is 1. The maximum Gasteiger partial charge on any atom is 0.410 e. The number of carbonyl (C=O) groups excluding carboxylic acids is 2. The quantitative estimate of drug-likeness (QED) is 0.671. The summed E-state index contributed by atoms with van der Waals surface area (Å²) < 4.78 is 10.9. The van der Waals surface area contributed by atoms with Gasteiger partial charge in [0.1, 0.15) is 5.60 Å². The lowest BCUT2D eigenvalue weighted by Gasteiger charge is -2.45. The standard InChI is InChI=1S/C23H42N2O4/c1-21(2,3)29-20(27)24-14-11-18(15-24)25(19(26)23(6,7)16-28-8)17-9-12-22(4,5)13-10-17/h17-18H,9-16H2,1-8H3/t18-/m0/s1. The highest BCUT2D eigenvalue weighted by Crippen LogP contribution is 2.39. The molecule has 2 rings (SSSR count). The van der Waals surface area contributed by atoms with E-state index in [-0.39, 0.29) is 24.1 Å². The van der Waals surface area contributed by atoms with Crippen molar-refractivity contribution in [3.8, 4) is 0 Å². The van der Waals surface area contributed by atoms with Crippen LogP contribution < -0.4 is 0 Å². The lowest BCUT2D eigenvalue weighted by atomic mass is 9.74. The first-order valence-corrected chi connectivity index (χ1v) is 11.1. The van der Waals surface area contributed by atoms with Gasteiger partial charge in [0, 0.05) is 26.2 Å². The summed E-state index contributed by atoms with van der Waals surface area (Å²) in [6, 6.07) is 0.271. The minimum Gasteiger partial charge on any atom is -0.444 e. The van der Waals surface area contributed by atoms with Crippen LogP contribution in [0.15, 0.2) is 0 Å². The summed E-state index contributed by atoms with van der Waals surface area (Å²) in [5.41, 5.74) is -0.757. The fraction of sp³-hybridized carbons (Fsp3) is 0.913. The topological polar surface area (TPSA) is 59.1 Å². The third kappa shape index (κ3) is 6.34. The van der Waals surface area contributed by atoms with Crippen LogP contribution in [0.25, 0.3) is 0 Å². The number of rotatable bonds is 5. The molecule has 0 unspecified atom stereocenters. The number of carbonyl (C=O) groups is 2. The van der Waals surface area contributed by atoms with Gasteiger partial charge in [-0.2, -0.15) is 0 Å². The number of nitrogens with zero attached hydrogens (tertiary/aromatic N) is 2. The molecule has 0 spiro atoms. The molecular weight excluding hydrogens is 368 g/mol. The first kappa shape index (κ1) is 24.0. The smallest absolute Gasteiger partial charge is 0.410 e. The second kappa shape index (κ2) is 8.83. The Morgan fingerprint density at radius 2 is 1.62 bits per heavy atom. The summed E-state index contributed by atoms with van der Waals surface area (Å²) in [7, 11) is 1.64. The lowest BCUT2D eigenvalue weighted by Crippen LogP contribution is -2.55. The van der Waals surface area contributed by atoms with E-state index in [1.165, 1.54) is 0 Å². The van der Waals surface area contributed by atoms with Crippen LogP contribution in [-0.2, 0) is 14.3 Å². The number of ether oxygens (including phenoxy) is 2. The number of amides is 2. The summed E-state index contributed by atoms with van der Waals surface area (Å²) in [5.74, 6) is 0.139. The van der Waals surface area contributed by atoms with Crippen molar-refractivity contribution in [2.75, 3.05) is 26.8 Å². The van der Waals surface area contributed by atoms with Crippen molar-refractivity contribution in [1.82, 2.24) is 9.80 Å². The molecule has 2 amide bonds. The molecule has 2 aliphatic rings. The van der Waals surface area contributed by atoms with E-state index in [0.717, 1.165) is 32.1 Å². The molecule has 0 N–H and O–H groups in total. The van der Waals surface area contributed by atoms with Gasteiger partial charge < -0.3 is 19.3 Å². The monoisotopic (exact) mass is 410 g/mol. The summed E-state index contributed by atoms with van der Waals surface area (Å²) in [4.78, 5) is 30.0. The average molecular weight is 411 g/mol. The maximum atomic E-state index is 13.6. The summed E-state index contributed by atoms with van der Waals surface area (Å²) in [6.45, 7) is 15.7. The molecule has 2 fully saturated rings. The summed E-state index contributed by atoms with van der Waals surface area (Å²) >= 11 is 0. The molecule has 1 heterocycles. The highest BCUT2D eigenvalue weighted by molar-refractivity contribution is 5.83. The normalized spacial score (nSPS) is 23.2. The molecule has 1 aliphatic heterocycles. The van der Waals surface area contributed by atoms with Crippen molar-refractivity contribution in [2.45, 2.75) is 98.3 Å². The third-order valence-electron chi connectivity index (χ3n) is 6.23. The number of hydrogen-bond acceptors (Lipinski definition) is 4. The minimum atomic E-state index is -0.582. The van der Waals surface area contributed by atoms with E-state index in [4.69, 9.17) is 9.47 Å². The largest absolute Gasteiger partial charge is 0.444 e. The van der Waals surface area contributed by atoms with Gasteiger partial charge in [-0.3, -0.25) is 4.79 Å². The van der Waals surface area contributed by atoms with Gasteiger partial charge in [0.2, 0.25) is 5.91 Å². The van der Waals surface area contributed by atoms with E-state index in [0.29, 0.717) is 25.1 Å². The SMILES string of the molecule is COCC(C)(C)C(=O)N(C1CCC(C)(C)CC1)[C@H]1CCN(C(=O)OC(C)(C)C)C1. The molecule has 6 nitrogen and oxygen atoms in total. The Morgan fingerprint density at radius 3 is 2.14 bits per heavy atom. The Bertz CT molecular complexity index is 584. The molecule has 1 atom stereocenters. The molecule has 1 saturated carbocycles. The molecule has 0 radical (unpaired) electrons. The van der Waals surface area contributed by atoms with E-state index in [1.54, 1.807) is 12.0 Å². The Morgan fingerprint density at radius 1 is 1.03 bits per heavy atom. The van der Waals surface area contributed by atoms with Crippen LogP contribution in [-0.4, -0.2) is 66.3 Å². The molecular formula is C23H42N2O4. The van der Waals surface area contributed by atoms with Crippen molar-refractivity contribution in [2.24, 2.45) is 10.8 Å². The highest BCUT2D eigenvalue weighted by atomic mass is 16.6. The Hall–Kier alpha value is -1.30. The van der Waals surface area contributed by atoms with E-state index >= 15 is 0 Å². The van der Waals surface area contributed by atoms with Gasteiger partial charge in [0.05, 0.1) is 18.1 Å². The van der Waals surface area contributed by atoms with E-state index in [9.17, 15) is 9.59 Å². The van der Waals surface area contributed by atoms with Crippen molar-refractivity contribution in [1.29, 1.82) is 0 Å². The molecule has 29 heavy (non-hydrogen) atoms. The van der Waals surface area contributed by atoms with Crippen molar-refractivity contribution >= 4 is 12.0 Å². The molecule has 0 bridgehead atoms. The van der Waals surface area contributed by atoms with Gasteiger partial charge in [-0.15, -0.1) is 0 Å². The van der Waals surface area contributed by atoms with Crippen LogP contribution >= 0.6 is 0 Å². The van der Waals surface area contributed by atoms with Gasteiger partial charge >= 0.3 is 6.09 Å². The number of methoxy groups -OCH3 is 1. The van der Waals surface area contributed by atoms with E-state index < -0.39 is 11.0 Å². The summed E-state index contributed by atoms with van der Waals surface area (Å²) in [5, 5.41) is 0. The van der Waals surface area contributed by atoms with Crippen molar-refractivity contribution in [3.05, 3.63) is 0 Å². The van der Waals surface area contributed by atoms with Gasteiger partial charge in [0.25, 0.3) is 0 Å². The van der Waals surface area contributed by atoms with Crippen molar-refractivity contribution in [3.63, 3.8) is 0 Å². The molecule has 6 heteroatoms. The van der Waals surface area contributed by atoms with Crippen LogP contribution in [0.3, 0.4) is 0 Å². The molecule has 1 aliphatic carbocycles. The van der Waals surface area contributed by atoms with Gasteiger partial charge in [0.15, 0.2) is 0 Å².